The quantitative estimate of drug-likeness (QED) is 0.903. The van der Waals surface area contributed by atoms with Crippen LogP contribution in [0.3, 0.4) is 0 Å². The predicted molar refractivity (Wildman–Crippen MR) is 75.3 cm³/mol. The molecule has 3 aliphatic heterocycles. The lowest BCUT2D eigenvalue weighted by Gasteiger charge is -2.31. The van der Waals surface area contributed by atoms with E-state index < -0.39 is 9.84 Å². The molecule has 0 aromatic heterocycles. The fourth-order valence-electron chi connectivity index (χ4n) is 3.83. The third-order valence-corrected chi connectivity index (χ3v) is 6.64. The van der Waals surface area contributed by atoms with Gasteiger partial charge in [-0.25, -0.2) is 8.42 Å². The lowest BCUT2D eigenvalue weighted by molar-refractivity contribution is 0.0958. The highest BCUT2D eigenvalue weighted by Gasteiger charge is 2.42. The summed E-state index contributed by atoms with van der Waals surface area (Å²) in [5.74, 6) is 0.239. The third-order valence-electron chi connectivity index (χ3n) is 4.83. The van der Waals surface area contributed by atoms with Crippen LogP contribution in [0.4, 0.5) is 0 Å². The van der Waals surface area contributed by atoms with E-state index in [2.05, 4.69) is 5.32 Å². The van der Waals surface area contributed by atoms with Crippen LogP contribution < -0.4 is 5.32 Å². The Kier molecular flexibility index (Phi) is 2.91. The molecule has 1 N–H and O–H groups in total. The van der Waals surface area contributed by atoms with Crippen molar-refractivity contribution in [3.63, 3.8) is 0 Å². The summed E-state index contributed by atoms with van der Waals surface area (Å²) in [5.41, 5.74) is 0.932. The highest BCUT2D eigenvalue weighted by molar-refractivity contribution is 7.91. The van der Waals surface area contributed by atoms with Gasteiger partial charge in [-0.05, 0) is 37.3 Å². The van der Waals surface area contributed by atoms with Gasteiger partial charge in [0.15, 0.2) is 9.84 Å². The van der Waals surface area contributed by atoms with Gasteiger partial charge in [-0.15, -0.1) is 0 Å². The summed E-state index contributed by atoms with van der Waals surface area (Å²) >= 11 is 0. The van der Waals surface area contributed by atoms with Crippen molar-refractivity contribution < 1.29 is 13.2 Å². The zero-order chi connectivity index (χ0) is 13.7. The van der Waals surface area contributed by atoms with E-state index in [1.807, 2.05) is 12.1 Å². The minimum Gasteiger partial charge on any atom is -0.373 e. The number of hydrogen-bond donors (Lipinski definition) is 1. The number of benzene rings is 1. The topological polar surface area (TPSA) is 55.4 Å². The lowest BCUT2D eigenvalue weighted by Crippen LogP contribution is -2.42. The van der Waals surface area contributed by atoms with Gasteiger partial charge in [0, 0.05) is 12.1 Å². The van der Waals surface area contributed by atoms with Gasteiger partial charge in [0.05, 0.1) is 22.9 Å². The molecule has 4 unspecified atom stereocenters. The summed E-state index contributed by atoms with van der Waals surface area (Å²) in [4.78, 5) is 0.507. The minimum absolute atomic E-state index is 0.141. The fraction of sp³-hybridized carbons (Fsp3) is 0.600. The molecule has 4 rings (SSSR count). The normalized spacial score (nSPS) is 37.8. The molecule has 0 amide bonds. The monoisotopic (exact) mass is 293 g/mol. The Morgan fingerprint density at radius 1 is 1.15 bits per heavy atom. The van der Waals surface area contributed by atoms with Gasteiger partial charge in [-0.3, -0.25) is 0 Å². The summed E-state index contributed by atoms with van der Waals surface area (Å²) in [6.07, 6.45) is 4.78. The zero-order valence-electron chi connectivity index (χ0n) is 11.3. The summed E-state index contributed by atoms with van der Waals surface area (Å²) in [5, 5.41) is 3.65. The summed E-state index contributed by atoms with van der Waals surface area (Å²) < 4.78 is 30.1. The predicted octanol–water partition coefficient (Wildman–Crippen LogP) is 1.81. The Morgan fingerprint density at radius 2 is 2.00 bits per heavy atom. The molecule has 0 spiro atoms. The second kappa shape index (κ2) is 4.55. The van der Waals surface area contributed by atoms with E-state index >= 15 is 0 Å². The van der Waals surface area contributed by atoms with E-state index in [0.29, 0.717) is 29.6 Å². The summed E-state index contributed by atoms with van der Waals surface area (Å²) in [6, 6.07) is 7.92. The van der Waals surface area contributed by atoms with Crippen molar-refractivity contribution in [3.05, 3.63) is 29.8 Å². The molecule has 4 nitrogen and oxygen atoms in total. The number of sulfone groups is 1. The highest BCUT2D eigenvalue weighted by Crippen LogP contribution is 2.38. The number of ether oxygens (including phenoxy) is 1. The van der Waals surface area contributed by atoms with E-state index in [0.717, 1.165) is 18.4 Å². The smallest absolute Gasteiger partial charge is 0.178 e. The molecule has 3 aliphatic rings. The molecule has 4 atom stereocenters. The van der Waals surface area contributed by atoms with Crippen molar-refractivity contribution in [1.29, 1.82) is 0 Å². The van der Waals surface area contributed by atoms with Crippen molar-refractivity contribution >= 4 is 9.84 Å². The van der Waals surface area contributed by atoms with Gasteiger partial charge in [0.25, 0.3) is 0 Å². The Morgan fingerprint density at radius 3 is 2.75 bits per heavy atom. The highest BCUT2D eigenvalue weighted by atomic mass is 32.2. The lowest BCUT2D eigenvalue weighted by atomic mass is 9.93. The molecule has 20 heavy (non-hydrogen) atoms. The molecule has 2 fully saturated rings. The maximum absolute atomic E-state index is 12.1. The maximum atomic E-state index is 12.1. The third kappa shape index (κ3) is 2.00. The van der Waals surface area contributed by atoms with Gasteiger partial charge in [-0.1, -0.05) is 18.2 Å². The first-order valence-corrected chi connectivity index (χ1v) is 9.02. The van der Waals surface area contributed by atoms with E-state index in [1.165, 1.54) is 6.42 Å². The van der Waals surface area contributed by atoms with Crippen LogP contribution in [0.1, 0.15) is 37.3 Å². The average molecular weight is 293 g/mol. The Bertz CT molecular complexity index is 628. The van der Waals surface area contributed by atoms with E-state index in [1.54, 1.807) is 12.1 Å². The Balaban J connectivity index is 1.61. The Hall–Kier alpha value is -0.910. The molecule has 2 bridgehead atoms. The molecule has 0 radical (unpaired) electrons. The second-order valence-corrected chi connectivity index (χ2v) is 8.16. The largest absolute Gasteiger partial charge is 0.373 e. The first-order chi connectivity index (χ1) is 9.63. The first-order valence-electron chi connectivity index (χ1n) is 7.37. The molecule has 3 heterocycles. The van der Waals surface area contributed by atoms with Crippen LogP contribution >= 0.6 is 0 Å². The van der Waals surface area contributed by atoms with Crippen LogP contribution in [0.5, 0.6) is 0 Å². The average Bonchev–Trinajstić information content (AvgIpc) is 3.05. The van der Waals surface area contributed by atoms with Crippen LogP contribution in [0.2, 0.25) is 0 Å². The van der Waals surface area contributed by atoms with E-state index in [4.69, 9.17) is 4.74 Å². The van der Waals surface area contributed by atoms with Gasteiger partial charge in [0.2, 0.25) is 0 Å². The number of hydrogen-bond acceptors (Lipinski definition) is 4. The van der Waals surface area contributed by atoms with Gasteiger partial charge in [0.1, 0.15) is 0 Å². The molecular formula is C15H19NO3S. The van der Waals surface area contributed by atoms with Crippen molar-refractivity contribution in [2.24, 2.45) is 0 Å². The van der Waals surface area contributed by atoms with Crippen LogP contribution in [-0.2, 0) is 14.6 Å². The first kappa shape index (κ1) is 12.8. The van der Waals surface area contributed by atoms with Gasteiger partial charge >= 0.3 is 0 Å². The van der Waals surface area contributed by atoms with Crippen LogP contribution in [-0.4, -0.2) is 32.4 Å². The van der Waals surface area contributed by atoms with Crippen molar-refractivity contribution in [1.82, 2.24) is 5.32 Å². The van der Waals surface area contributed by atoms with Gasteiger partial charge < -0.3 is 10.1 Å². The molecule has 0 saturated carbocycles. The molecule has 1 aromatic carbocycles. The standard InChI is InChI=1S/C15H19NO3S/c17-20(18)8-7-12(11-3-1-2-4-15(11)20)16-13-9-10-5-6-14(13)19-10/h1-4,10,12-14,16H,5-9H2. The van der Waals surface area contributed by atoms with Crippen LogP contribution in [0.15, 0.2) is 29.2 Å². The second-order valence-electron chi connectivity index (χ2n) is 6.08. The molecule has 108 valence electrons. The van der Waals surface area contributed by atoms with Crippen LogP contribution in [0.25, 0.3) is 0 Å². The molecular weight excluding hydrogens is 274 g/mol. The molecule has 2 saturated heterocycles. The number of rotatable bonds is 2. The van der Waals surface area contributed by atoms with Crippen molar-refractivity contribution in [2.75, 3.05) is 5.75 Å². The van der Waals surface area contributed by atoms with E-state index in [9.17, 15) is 8.42 Å². The van der Waals surface area contributed by atoms with Crippen molar-refractivity contribution in [2.45, 2.75) is 54.9 Å². The molecule has 5 heteroatoms. The number of fused-ring (bicyclic) bond motifs is 3. The fourth-order valence-corrected chi connectivity index (χ4v) is 5.46. The Labute approximate surface area is 119 Å². The summed E-state index contributed by atoms with van der Waals surface area (Å²) in [7, 11) is -3.09. The molecule has 0 aliphatic carbocycles. The number of nitrogens with one attached hydrogen (secondary N) is 1. The van der Waals surface area contributed by atoms with E-state index in [-0.39, 0.29) is 11.8 Å². The van der Waals surface area contributed by atoms with Crippen molar-refractivity contribution in [3.8, 4) is 0 Å². The summed E-state index contributed by atoms with van der Waals surface area (Å²) in [6.45, 7) is 0. The minimum atomic E-state index is -3.09. The van der Waals surface area contributed by atoms with Gasteiger partial charge in [-0.2, -0.15) is 0 Å². The SMILES string of the molecule is O=S1(=O)CCC(NC2CC3CCC2O3)c2ccccc21. The molecule has 1 aromatic rings. The van der Waals surface area contributed by atoms with Crippen LogP contribution in [0, 0.1) is 0 Å². The maximum Gasteiger partial charge on any atom is 0.178 e. The zero-order valence-corrected chi connectivity index (χ0v) is 12.1.